The van der Waals surface area contributed by atoms with Crippen LogP contribution >= 0.6 is 0 Å². The van der Waals surface area contributed by atoms with Gasteiger partial charge in [-0.3, -0.25) is 9.59 Å². The summed E-state index contributed by atoms with van der Waals surface area (Å²) in [6.07, 6.45) is 48.5. The molecule has 0 bridgehead atoms. The topological polar surface area (TPSA) is 95.9 Å². The fourth-order valence-electron chi connectivity index (χ4n) is 7.78. The summed E-state index contributed by atoms with van der Waals surface area (Å²) < 4.78 is 5.91. The number of unbranched alkanes of at least 4 members (excludes halogenated alkanes) is 31. The average molecular weight is 792 g/mol. The molecule has 0 rings (SSSR count). The number of hydrogen-bond donors (Lipinski definition) is 3. The highest BCUT2D eigenvalue weighted by Gasteiger charge is 2.24. The zero-order valence-electron chi connectivity index (χ0n) is 37.8. The van der Waals surface area contributed by atoms with Crippen LogP contribution in [-0.4, -0.2) is 46.9 Å². The van der Waals surface area contributed by atoms with Crippen molar-refractivity contribution in [1.82, 2.24) is 5.32 Å². The van der Waals surface area contributed by atoms with Crippen LogP contribution in [-0.2, 0) is 14.3 Å². The van der Waals surface area contributed by atoms with Gasteiger partial charge in [0.15, 0.2) is 0 Å². The summed E-state index contributed by atoms with van der Waals surface area (Å²) in [5, 5.41) is 23.6. The zero-order chi connectivity index (χ0) is 41.0. The van der Waals surface area contributed by atoms with Gasteiger partial charge in [0.25, 0.3) is 0 Å². The van der Waals surface area contributed by atoms with Gasteiger partial charge in [-0.15, -0.1) is 0 Å². The summed E-state index contributed by atoms with van der Waals surface area (Å²) in [7, 11) is 0. The molecule has 3 atom stereocenters. The van der Waals surface area contributed by atoms with Crippen molar-refractivity contribution >= 4 is 11.9 Å². The van der Waals surface area contributed by atoms with E-state index in [0.29, 0.717) is 19.3 Å². The summed E-state index contributed by atoms with van der Waals surface area (Å²) in [5.74, 6) is -0.472. The Morgan fingerprint density at radius 2 is 0.857 bits per heavy atom. The number of rotatable bonds is 45. The predicted molar refractivity (Wildman–Crippen MR) is 241 cm³/mol. The number of carbonyl (C=O) groups is 2. The number of nitrogens with one attached hydrogen (secondary N) is 1. The lowest BCUT2D eigenvalue weighted by molar-refractivity contribution is -0.151. The molecule has 0 spiro atoms. The van der Waals surface area contributed by atoms with Gasteiger partial charge in [-0.05, 0) is 51.4 Å². The Bertz CT molecular complexity index is 847. The molecule has 0 fully saturated rings. The van der Waals surface area contributed by atoms with Gasteiger partial charge >= 0.3 is 5.97 Å². The van der Waals surface area contributed by atoms with Gasteiger partial charge in [0.05, 0.1) is 25.2 Å². The lowest BCUT2D eigenvalue weighted by atomic mass is 10.0. The molecule has 0 aromatic heterocycles. The molecule has 0 saturated carbocycles. The molecule has 6 nitrogen and oxygen atoms in total. The Balaban J connectivity index is 4.43. The largest absolute Gasteiger partial charge is 0.462 e. The van der Waals surface area contributed by atoms with Crippen LogP contribution in [0.2, 0.25) is 0 Å². The van der Waals surface area contributed by atoms with E-state index in [1.807, 2.05) is 0 Å². The van der Waals surface area contributed by atoms with Crippen LogP contribution in [0.25, 0.3) is 0 Å². The first-order valence-electron chi connectivity index (χ1n) is 24.9. The molecule has 0 aliphatic carbocycles. The third-order valence-corrected chi connectivity index (χ3v) is 11.6. The second-order valence-electron chi connectivity index (χ2n) is 17.2. The SMILES string of the molecule is CCCCCCCCCCC/C=C/CCCCCCCC(=O)OC(CCCCCCCCCCC)CC(=O)NC(CO)C(O)CCCCCCCCCCCC. The van der Waals surface area contributed by atoms with Crippen LogP contribution in [0.4, 0.5) is 0 Å². The van der Waals surface area contributed by atoms with Gasteiger partial charge < -0.3 is 20.3 Å². The van der Waals surface area contributed by atoms with Crippen LogP contribution in [0.3, 0.4) is 0 Å². The van der Waals surface area contributed by atoms with E-state index in [2.05, 4.69) is 38.2 Å². The quantitative estimate of drug-likeness (QED) is 0.0324. The van der Waals surface area contributed by atoms with Crippen molar-refractivity contribution in [2.75, 3.05) is 6.61 Å². The number of carbonyl (C=O) groups excluding carboxylic acids is 2. The van der Waals surface area contributed by atoms with Crippen LogP contribution in [0, 0.1) is 0 Å². The van der Waals surface area contributed by atoms with Crippen LogP contribution in [0.15, 0.2) is 12.2 Å². The van der Waals surface area contributed by atoms with Gasteiger partial charge in [0, 0.05) is 6.42 Å². The number of aliphatic hydroxyl groups excluding tert-OH is 2. The van der Waals surface area contributed by atoms with Crippen molar-refractivity contribution in [2.45, 2.75) is 289 Å². The maximum Gasteiger partial charge on any atom is 0.306 e. The highest BCUT2D eigenvalue weighted by atomic mass is 16.5. The normalized spacial score (nSPS) is 13.3. The maximum absolute atomic E-state index is 13.1. The van der Waals surface area contributed by atoms with E-state index < -0.39 is 18.2 Å². The van der Waals surface area contributed by atoms with Crippen LogP contribution < -0.4 is 5.32 Å². The zero-order valence-corrected chi connectivity index (χ0v) is 37.8. The first-order valence-corrected chi connectivity index (χ1v) is 24.9. The smallest absolute Gasteiger partial charge is 0.306 e. The second-order valence-corrected chi connectivity index (χ2v) is 17.2. The summed E-state index contributed by atoms with van der Waals surface area (Å²) >= 11 is 0. The number of allylic oxidation sites excluding steroid dienone is 2. The lowest BCUT2D eigenvalue weighted by Crippen LogP contribution is -2.46. The number of hydrogen-bond acceptors (Lipinski definition) is 5. The van der Waals surface area contributed by atoms with Crippen LogP contribution in [0.5, 0.6) is 0 Å². The van der Waals surface area contributed by atoms with E-state index in [1.54, 1.807) is 0 Å². The molecule has 0 aliphatic heterocycles. The van der Waals surface area contributed by atoms with Gasteiger partial charge in [-0.2, -0.15) is 0 Å². The number of aliphatic hydroxyl groups is 2. The first-order chi connectivity index (χ1) is 27.5. The van der Waals surface area contributed by atoms with E-state index in [-0.39, 0.29) is 24.9 Å². The average Bonchev–Trinajstić information content (AvgIpc) is 3.19. The molecule has 0 aromatic carbocycles. The van der Waals surface area contributed by atoms with Crippen LogP contribution in [0.1, 0.15) is 271 Å². The molecule has 0 radical (unpaired) electrons. The summed E-state index contributed by atoms with van der Waals surface area (Å²) in [6.45, 7) is 6.47. The van der Waals surface area contributed by atoms with E-state index in [0.717, 1.165) is 51.4 Å². The minimum atomic E-state index is -0.781. The highest BCUT2D eigenvalue weighted by molar-refractivity contribution is 5.77. The second kappa shape index (κ2) is 44.7. The monoisotopic (exact) mass is 792 g/mol. The van der Waals surface area contributed by atoms with Crippen molar-refractivity contribution in [1.29, 1.82) is 0 Å². The minimum Gasteiger partial charge on any atom is -0.462 e. The van der Waals surface area contributed by atoms with E-state index in [9.17, 15) is 19.8 Å². The molecule has 3 N–H and O–H groups in total. The molecule has 6 heteroatoms. The number of ether oxygens (including phenoxy) is 1. The Kier molecular flexibility index (Phi) is 43.6. The Hall–Kier alpha value is -1.40. The fourth-order valence-corrected chi connectivity index (χ4v) is 7.78. The van der Waals surface area contributed by atoms with E-state index >= 15 is 0 Å². The summed E-state index contributed by atoms with van der Waals surface area (Å²) in [5.41, 5.74) is 0. The molecule has 0 aromatic rings. The van der Waals surface area contributed by atoms with Crippen molar-refractivity contribution in [3.8, 4) is 0 Å². The molecular formula is C50H97NO5. The standard InChI is InChI=1S/C50H97NO5/c1-4-7-10-13-16-19-21-22-23-24-25-26-27-28-31-34-37-40-43-50(55)56-46(41-38-35-32-29-18-15-12-9-6-3)44-49(54)51-47(45-52)48(53)42-39-36-33-30-20-17-14-11-8-5-2/h25-26,46-48,52-53H,4-24,27-45H2,1-3H3,(H,51,54)/b26-25+. The van der Waals surface area contributed by atoms with Gasteiger partial charge in [-0.25, -0.2) is 0 Å². The van der Waals surface area contributed by atoms with Gasteiger partial charge in [0.2, 0.25) is 5.91 Å². The number of amides is 1. The third-order valence-electron chi connectivity index (χ3n) is 11.6. The summed E-state index contributed by atoms with van der Waals surface area (Å²) in [6, 6.07) is -0.694. The van der Waals surface area contributed by atoms with Crippen molar-refractivity contribution in [3.63, 3.8) is 0 Å². The molecular weight excluding hydrogens is 695 g/mol. The van der Waals surface area contributed by atoms with E-state index in [1.165, 1.54) is 173 Å². The Morgan fingerprint density at radius 1 is 0.500 bits per heavy atom. The summed E-state index contributed by atoms with van der Waals surface area (Å²) in [4.78, 5) is 26.0. The Morgan fingerprint density at radius 3 is 1.27 bits per heavy atom. The molecule has 1 amide bonds. The molecule has 56 heavy (non-hydrogen) atoms. The molecule has 332 valence electrons. The maximum atomic E-state index is 13.1. The highest BCUT2D eigenvalue weighted by Crippen LogP contribution is 2.18. The van der Waals surface area contributed by atoms with Gasteiger partial charge in [0.1, 0.15) is 6.10 Å². The lowest BCUT2D eigenvalue weighted by Gasteiger charge is -2.24. The van der Waals surface area contributed by atoms with Crippen molar-refractivity contribution in [3.05, 3.63) is 12.2 Å². The number of esters is 1. The van der Waals surface area contributed by atoms with Crippen molar-refractivity contribution in [2.24, 2.45) is 0 Å². The minimum absolute atomic E-state index is 0.0802. The first kappa shape index (κ1) is 54.6. The molecule has 0 heterocycles. The molecule has 0 saturated heterocycles. The third kappa shape index (κ3) is 39.4. The molecule has 0 aliphatic rings. The van der Waals surface area contributed by atoms with E-state index in [4.69, 9.17) is 4.74 Å². The molecule has 3 unspecified atom stereocenters. The van der Waals surface area contributed by atoms with Gasteiger partial charge in [-0.1, -0.05) is 219 Å². The predicted octanol–water partition coefficient (Wildman–Crippen LogP) is 14.6. The fraction of sp³-hybridized carbons (Fsp3) is 0.920. The van der Waals surface area contributed by atoms with Crippen molar-refractivity contribution < 1.29 is 24.5 Å². The Labute approximate surface area is 349 Å².